The molecule has 1 aliphatic heterocycles. The number of piperidine rings is 1. The highest BCUT2D eigenvalue weighted by Crippen LogP contribution is 2.62. The smallest absolute Gasteiger partial charge is 0.312 e. The maximum atomic E-state index is 13.2. The van der Waals surface area contributed by atoms with E-state index < -0.39 is 11.0 Å². The lowest BCUT2D eigenvalue weighted by Gasteiger charge is -2.59. The van der Waals surface area contributed by atoms with Crippen LogP contribution in [-0.4, -0.2) is 35.4 Å². The fourth-order valence-electron chi connectivity index (χ4n) is 6.51. The molecular formula is C19H32NO3+. The van der Waals surface area contributed by atoms with Gasteiger partial charge in [0.25, 0.3) is 0 Å². The van der Waals surface area contributed by atoms with E-state index in [0.29, 0.717) is 24.2 Å². The molecule has 5 fully saturated rings. The molecule has 23 heavy (non-hydrogen) atoms. The lowest BCUT2D eigenvalue weighted by Crippen LogP contribution is -2.86. The summed E-state index contributed by atoms with van der Waals surface area (Å²) < 4.78 is 6.14. The monoisotopic (exact) mass is 322 g/mol. The molecule has 5 rings (SSSR count). The summed E-state index contributed by atoms with van der Waals surface area (Å²) in [6.07, 6.45) is 7.80. The molecule has 5 aliphatic rings. The Hall–Kier alpha value is -0.610. The van der Waals surface area contributed by atoms with Gasteiger partial charge in [-0.3, -0.25) is 4.79 Å². The van der Waals surface area contributed by atoms with Crippen molar-refractivity contribution in [1.82, 2.24) is 0 Å². The molecule has 0 aromatic carbocycles. The van der Waals surface area contributed by atoms with Crippen molar-refractivity contribution in [2.45, 2.75) is 76.4 Å². The SMILES string of the molecule is CC(C)(OC(=O)C12CC3CC(CC(O)(C3)C1)C2)C1CC[NH2+]CC1. The van der Waals surface area contributed by atoms with Crippen LogP contribution in [0, 0.1) is 23.2 Å². The minimum atomic E-state index is -0.590. The molecule has 4 nitrogen and oxygen atoms in total. The van der Waals surface area contributed by atoms with E-state index >= 15 is 0 Å². The Morgan fingerprint density at radius 3 is 2.30 bits per heavy atom. The molecule has 0 amide bonds. The van der Waals surface area contributed by atoms with Crippen LogP contribution in [-0.2, 0) is 9.53 Å². The van der Waals surface area contributed by atoms with Crippen LogP contribution < -0.4 is 5.32 Å². The normalized spacial score (nSPS) is 43.6. The summed E-state index contributed by atoms with van der Waals surface area (Å²) in [5.74, 6) is 1.51. The summed E-state index contributed by atoms with van der Waals surface area (Å²) in [4.78, 5) is 13.2. The third-order valence-electron chi connectivity index (χ3n) is 7.24. The highest BCUT2D eigenvalue weighted by molar-refractivity contribution is 5.78. The van der Waals surface area contributed by atoms with Gasteiger partial charge in [-0.1, -0.05) is 0 Å². The number of carbonyl (C=O) groups is 1. The molecule has 2 unspecified atom stereocenters. The Morgan fingerprint density at radius 2 is 1.74 bits per heavy atom. The largest absolute Gasteiger partial charge is 0.459 e. The molecule has 130 valence electrons. The van der Waals surface area contributed by atoms with Gasteiger partial charge >= 0.3 is 5.97 Å². The van der Waals surface area contributed by atoms with Crippen LogP contribution in [0.25, 0.3) is 0 Å². The summed E-state index contributed by atoms with van der Waals surface area (Å²) in [7, 11) is 0. The fraction of sp³-hybridized carbons (Fsp3) is 0.947. The van der Waals surface area contributed by atoms with Crippen molar-refractivity contribution in [3.05, 3.63) is 0 Å². The number of esters is 1. The third-order valence-corrected chi connectivity index (χ3v) is 7.24. The van der Waals surface area contributed by atoms with Gasteiger partial charge in [-0.25, -0.2) is 0 Å². The number of aliphatic hydroxyl groups is 1. The van der Waals surface area contributed by atoms with Gasteiger partial charge in [-0.2, -0.15) is 0 Å². The zero-order valence-electron chi connectivity index (χ0n) is 14.6. The number of rotatable bonds is 3. The maximum absolute atomic E-state index is 13.2. The summed E-state index contributed by atoms with van der Waals surface area (Å²) in [5.41, 5.74) is -1.36. The van der Waals surface area contributed by atoms with Crippen LogP contribution in [0.5, 0.6) is 0 Å². The van der Waals surface area contributed by atoms with Gasteiger partial charge in [0.2, 0.25) is 0 Å². The average Bonchev–Trinajstić information content (AvgIpc) is 2.45. The van der Waals surface area contributed by atoms with Gasteiger partial charge in [-0.05, 0) is 64.2 Å². The van der Waals surface area contributed by atoms with E-state index in [1.54, 1.807) is 0 Å². The number of hydrogen-bond acceptors (Lipinski definition) is 3. The van der Waals surface area contributed by atoms with Crippen LogP contribution in [0.4, 0.5) is 0 Å². The lowest BCUT2D eigenvalue weighted by molar-refractivity contribution is -0.665. The second-order valence-electron chi connectivity index (χ2n) is 9.60. The van der Waals surface area contributed by atoms with Gasteiger partial charge < -0.3 is 15.2 Å². The van der Waals surface area contributed by atoms with Gasteiger partial charge in [0.15, 0.2) is 0 Å². The summed E-state index contributed by atoms with van der Waals surface area (Å²) in [6, 6.07) is 0. The van der Waals surface area contributed by atoms with E-state index in [1.165, 1.54) is 6.42 Å². The molecule has 0 aromatic heterocycles. The standard InChI is InChI=1S/C19H31NO3/c1-17(2,15-3-5-20-6-4-15)23-16(21)18-8-13-7-14(9-18)11-19(22,10-13)12-18/h13-15,20,22H,3-12H2,1-2H3/p+1. The molecule has 3 N–H and O–H groups in total. The van der Waals surface area contributed by atoms with Crippen LogP contribution in [0.3, 0.4) is 0 Å². The predicted octanol–water partition coefficient (Wildman–Crippen LogP) is 1.61. The Balaban J connectivity index is 1.50. The predicted molar refractivity (Wildman–Crippen MR) is 86.6 cm³/mol. The molecule has 1 saturated heterocycles. The van der Waals surface area contributed by atoms with Crippen LogP contribution in [0.2, 0.25) is 0 Å². The lowest BCUT2D eigenvalue weighted by atomic mass is 9.48. The van der Waals surface area contributed by atoms with E-state index in [1.807, 2.05) is 0 Å². The van der Waals surface area contributed by atoms with Crippen molar-refractivity contribution in [3.63, 3.8) is 0 Å². The first-order valence-electron chi connectivity index (χ1n) is 9.58. The summed E-state index contributed by atoms with van der Waals surface area (Å²) >= 11 is 0. The molecule has 4 saturated carbocycles. The first-order chi connectivity index (χ1) is 10.8. The number of carbonyl (C=O) groups excluding carboxylic acids is 1. The van der Waals surface area contributed by atoms with Crippen molar-refractivity contribution in [1.29, 1.82) is 0 Å². The highest BCUT2D eigenvalue weighted by atomic mass is 16.6. The van der Waals surface area contributed by atoms with Crippen molar-refractivity contribution in [2.75, 3.05) is 13.1 Å². The molecule has 1 heterocycles. The quantitative estimate of drug-likeness (QED) is 0.776. The number of nitrogens with two attached hydrogens (primary N) is 1. The number of ether oxygens (including phenoxy) is 1. The summed E-state index contributed by atoms with van der Waals surface area (Å²) in [6.45, 7) is 6.47. The van der Waals surface area contributed by atoms with Gasteiger partial charge in [0, 0.05) is 18.8 Å². The van der Waals surface area contributed by atoms with Crippen molar-refractivity contribution < 1.29 is 20.0 Å². The topological polar surface area (TPSA) is 63.1 Å². The minimum Gasteiger partial charge on any atom is -0.459 e. The molecule has 4 aliphatic carbocycles. The second-order valence-corrected chi connectivity index (χ2v) is 9.60. The van der Waals surface area contributed by atoms with Gasteiger partial charge in [0.1, 0.15) is 5.60 Å². The van der Waals surface area contributed by atoms with E-state index in [-0.39, 0.29) is 11.6 Å². The Labute approximate surface area is 139 Å². The summed E-state index contributed by atoms with van der Waals surface area (Å²) in [5, 5.41) is 13.2. The molecule has 4 heteroatoms. The molecule has 0 radical (unpaired) electrons. The molecule has 4 bridgehead atoms. The first kappa shape index (κ1) is 15.9. The van der Waals surface area contributed by atoms with E-state index in [0.717, 1.165) is 51.6 Å². The van der Waals surface area contributed by atoms with Crippen molar-refractivity contribution >= 4 is 5.97 Å². The molecule has 0 spiro atoms. The number of quaternary nitrogens is 1. The van der Waals surface area contributed by atoms with E-state index in [2.05, 4.69) is 19.2 Å². The zero-order valence-corrected chi connectivity index (χ0v) is 14.6. The second kappa shape index (κ2) is 5.19. The number of hydrogen-bond donors (Lipinski definition) is 2. The van der Waals surface area contributed by atoms with E-state index in [4.69, 9.17) is 4.74 Å². The third kappa shape index (κ3) is 2.72. The van der Waals surface area contributed by atoms with Crippen LogP contribution >= 0.6 is 0 Å². The maximum Gasteiger partial charge on any atom is 0.312 e. The first-order valence-corrected chi connectivity index (χ1v) is 9.58. The van der Waals surface area contributed by atoms with E-state index in [9.17, 15) is 9.90 Å². The molecule has 2 atom stereocenters. The molecule has 0 aromatic rings. The minimum absolute atomic E-state index is 0.00965. The average molecular weight is 322 g/mol. The van der Waals surface area contributed by atoms with Crippen molar-refractivity contribution in [2.24, 2.45) is 23.2 Å². The Kier molecular flexibility index (Phi) is 3.59. The Morgan fingerprint density at radius 1 is 1.13 bits per heavy atom. The highest BCUT2D eigenvalue weighted by Gasteiger charge is 2.61. The van der Waals surface area contributed by atoms with Gasteiger partial charge in [0.05, 0.1) is 24.1 Å². The van der Waals surface area contributed by atoms with Crippen LogP contribution in [0.1, 0.15) is 65.2 Å². The Bertz CT molecular complexity index is 481. The molecular weight excluding hydrogens is 290 g/mol. The fourth-order valence-corrected chi connectivity index (χ4v) is 6.51. The van der Waals surface area contributed by atoms with Crippen LogP contribution in [0.15, 0.2) is 0 Å². The van der Waals surface area contributed by atoms with Gasteiger partial charge in [-0.15, -0.1) is 0 Å². The van der Waals surface area contributed by atoms with Crippen molar-refractivity contribution in [3.8, 4) is 0 Å². The zero-order chi connectivity index (χ0) is 16.3.